The van der Waals surface area contributed by atoms with Gasteiger partial charge in [-0.2, -0.15) is 0 Å². The molecule has 0 saturated carbocycles. The number of benzene rings is 1. The maximum atomic E-state index is 12.0. The summed E-state index contributed by atoms with van der Waals surface area (Å²) in [5, 5.41) is 6.17. The minimum Gasteiger partial charge on any atom is -0.378 e. The van der Waals surface area contributed by atoms with Gasteiger partial charge in [-0.25, -0.2) is 0 Å². The molecule has 5 heteroatoms. The third-order valence-corrected chi connectivity index (χ3v) is 3.41. The normalized spacial score (nSPS) is 23.6. The van der Waals surface area contributed by atoms with Crippen LogP contribution in [0.4, 0.5) is 0 Å². The molecule has 1 amide bonds. The summed E-state index contributed by atoms with van der Waals surface area (Å²) in [7, 11) is 1.66. The van der Waals surface area contributed by atoms with Crippen molar-refractivity contribution in [3.63, 3.8) is 0 Å². The number of amides is 1. The molecule has 1 unspecified atom stereocenters. The van der Waals surface area contributed by atoms with Crippen LogP contribution in [-0.4, -0.2) is 38.3 Å². The molecule has 1 aliphatic heterocycles. The van der Waals surface area contributed by atoms with Gasteiger partial charge in [0.05, 0.1) is 12.1 Å². The predicted octanol–water partition coefficient (Wildman–Crippen LogP) is 1.17. The second-order valence-corrected chi connectivity index (χ2v) is 4.93. The quantitative estimate of drug-likeness (QED) is 0.881. The monoisotopic (exact) mass is 298 g/mol. The fourth-order valence-electron chi connectivity index (χ4n) is 1.90. The van der Waals surface area contributed by atoms with Crippen LogP contribution in [0.15, 0.2) is 28.7 Å². The number of ether oxygens (including phenoxy) is 1. The van der Waals surface area contributed by atoms with E-state index < -0.39 is 0 Å². The zero-order valence-electron chi connectivity index (χ0n) is 9.57. The first kappa shape index (κ1) is 12.5. The first-order valence-electron chi connectivity index (χ1n) is 5.50. The smallest absolute Gasteiger partial charge is 0.251 e. The number of nitrogens with one attached hydrogen (secondary N) is 2. The van der Waals surface area contributed by atoms with Crippen LogP contribution < -0.4 is 10.6 Å². The summed E-state index contributed by atoms with van der Waals surface area (Å²) in [5.74, 6) is -0.0618. The summed E-state index contributed by atoms with van der Waals surface area (Å²) in [5.41, 5.74) is 0.662. The topological polar surface area (TPSA) is 50.4 Å². The van der Waals surface area contributed by atoms with Gasteiger partial charge in [0.15, 0.2) is 0 Å². The molecule has 1 fully saturated rings. The molecule has 1 aromatic rings. The molecule has 0 aliphatic carbocycles. The molecule has 2 N–H and O–H groups in total. The van der Waals surface area contributed by atoms with Gasteiger partial charge in [-0.15, -0.1) is 0 Å². The van der Waals surface area contributed by atoms with Crippen molar-refractivity contribution < 1.29 is 9.53 Å². The first-order chi connectivity index (χ1) is 8.20. The zero-order valence-corrected chi connectivity index (χ0v) is 11.2. The molecule has 2 rings (SSSR count). The summed E-state index contributed by atoms with van der Waals surface area (Å²) in [6.45, 7) is 1.53. The van der Waals surface area contributed by atoms with Crippen molar-refractivity contribution in [2.24, 2.45) is 0 Å². The Balaban J connectivity index is 1.99. The second-order valence-electron chi connectivity index (χ2n) is 4.02. The van der Waals surface area contributed by atoms with E-state index in [-0.39, 0.29) is 18.1 Å². The number of hydrogen-bond acceptors (Lipinski definition) is 3. The molecule has 17 heavy (non-hydrogen) atoms. The molecular formula is C12H15BrN2O2. The van der Waals surface area contributed by atoms with Gasteiger partial charge in [0.1, 0.15) is 0 Å². The Labute approximate surface area is 109 Å². The minimum atomic E-state index is -0.0618. The van der Waals surface area contributed by atoms with E-state index in [0.717, 1.165) is 17.6 Å². The Morgan fingerprint density at radius 2 is 2.12 bits per heavy atom. The van der Waals surface area contributed by atoms with Gasteiger partial charge >= 0.3 is 0 Å². The molecule has 0 aromatic heterocycles. The lowest BCUT2D eigenvalue weighted by Gasteiger charge is -2.18. The van der Waals surface area contributed by atoms with Gasteiger partial charge in [0.25, 0.3) is 5.91 Å². The lowest BCUT2D eigenvalue weighted by atomic mass is 10.1. The maximum Gasteiger partial charge on any atom is 0.251 e. The van der Waals surface area contributed by atoms with E-state index in [0.29, 0.717) is 5.56 Å². The van der Waals surface area contributed by atoms with Crippen LogP contribution in [0.5, 0.6) is 0 Å². The molecule has 1 aromatic carbocycles. The average molecular weight is 299 g/mol. The lowest BCUT2D eigenvalue weighted by Crippen LogP contribution is -2.43. The van der Waals surface area contributed by atoms with Gasteiger partial charge in [-0.05, 0) is 24.3 Å². The van der Waals surface area contributed by atoms with Gasteiger partial charge < -0.3 is 15.4 Å². The largest absolute Gasteiger partial charge is 0.378 e. The van der Waals surface area contributed by atoms with Gasteiger partial charge in [0.2, 0.25) is 0 Å². The van der Waals surface area contributed by atoms with E-state index in [4.69, 9.17) is 4.74 Å². The van der Waals surface area contributed by atoms with Gasteiger partial charge in [-0.3, -0.25) is 4.79 Å². The number of methoxy groups -OCH3 is 1. The summed E-state index contributed by atoms with van der Waals surface area (Å²) in [6, 6.07) is 7.34. The van der Waals surface area contributed by atoms with Crippen molar-refractivity contribution in [3.05, 3.63) is 34.3 Å². The van der Waals surface area contributed by atoms with Crippen molar-refractivity contribution in [2.45, 2.75) is 12.1 Å². The highest BCUT2D eigenvalue weighted by molar-refractivity contribution is 9.10. The van der Waals surface area contributed by atoms with Crippen LogP contribution in [0.2, 0.25) is 0 Å². The Morgan fingerprint density at radius 1 is 1.41 bits per heavy atom. The van der Waals surface area contributed by atoms with E-state index in [1.165, 1.54) is 0 Å². The van der Waals surface area contributed by atoms with Crippen molar-refractivity contribution in [3.8, 4) is 0 Å². The summed E-state index contributed by atoms with van der Waals surface area (Å²) in [4.78, 5) is 12.0. The first-order valence-corrected chi connectivity index (χ1v) is 6.30. The predicted molar refractivity (Wildman–Crippen MR) is 69.1 cm³/mol. The molecule has 4 nitrogen and oxygen atoms in total. The molecule has 1 heterocycles. The Bertz CT molecular complexity index is 394. The second kappa shape index (κ2) is 5.62. The zero-order chi connectivity index (χ0) is 12.3. The molecular weight excluding hydrogens is 284 g/mol. The third kappa shape index (κ3) is 3.06. The van der Waals surface area contributed by atoms with Gasteiger partial charge in [-0.1, -0.05) is 15.9 Å². The van der Waals surface area contributed by atoms with E-state index in [1.54, 1.807) is 19.2 Å². The maximum absolute atomic E-state index is 12.0. The minimum absolute atomic E-state index is 0.0381. The number of rotatable bonds is 3. The van der Waals surface area contributed by atoms with Crippen molar-refractivity contribution in [2.75, 3.05) is 20.2 Å². The van der Waals surface area contributed by atoms with Crippen LogP contribution in [-0.2, 0) is 4.74 Å². The summed E-state index contributed by atoms with van der Waals surface area (Å²) in [6.07, 6.45) is 0.0504. The fourth-order valence-corrected chi connectivity index (χ4v) is 2.16. The van der Waals surface area contributed by atoms with Crippen LogP contribution in [0.3, 0.4) is 0 Å². The van der Waals surface area contributed by atoms with Crippen LogP contribution in [0.25, 0.3) is 0 Å². The number of halogens is 1. The van der Waals surface area contributed by atoms with E-state index >= 15 is 0 Å². The molecule has 0 radical (unpaired) electrons. The highest BCUT2D eigenvalue weighted by Crippen LogP contribution is 2.11. The Hall–Kier alpha value is -0.910. The van der Waals surface area contributed by atoms with Crippen LogP contribution in [0.1, 0.15) is 10.4 Å². The third-order valence-electron chi connectivity index (χ3n) is 2.88. The van der Waals surface area contributed by atoms with E-state index in [1.807, 2.05) is 12.1 Å². The van der Waals surface area contributed by atoms with Crippen LogP contribution in [0, 0.1) is 0 Å². The summed E-state index contributed by atoms with van der Waals surface area (Å²) < 4.78 is 6.26. The molecule has 0 bridgehead atoms. The number of carbonyl (C=O) groups is 1. The number of hydrogen-bond donors (Lipinski definition) is 2. The van der Waals surface area contributed by atoms with Crippen molar-refractivity contribution in [1.82, 2.24) is 10.6 Å². The molecule has 2 atom stereocenters. The average Bonchev–Trinajstić information content (AvgIpc) is 2.77. The number of carbonyl (C=O) groups excluding carboxylic acids is 1. The highest BCUT2D eigenvalue weighted by Gasteiger charge is 2.28. The van der Waals surface area contributed by atoms with E-state index in [9.17, 15) is 4.79 Å². The Kier molecular flexibility index (Phi) is 4.15. The lowest BCUT2D eigenvalue weighted by molar-refractivity contribution is 0.0780. The SMILES string of the molecule is CO[C@H]1CNCC1NC(=O)c1ccc(Br)cc1. The van der Waals surface area contributed by atoms with Crippen LogP contribution >= 0.6 is 15.9 Å². The molecule has 92 valence electrons. The molecule has 1 saturated heterocycles. The molecule has 1 aliphatic rings. The summed E-state index contributed by atoms with van der Waals surface area (Å²) >= 11 is 3.34. The molecule has 0 spiro atoms. The fraction of sp³-hybridized carbons (Fsp3) is 0.417. The van der Waals surface area contributed by atoms with Crippen molar-refractivity contribution >= 4 is 21.8 Å². The van der Waals surface area contributed by atoms with E-state index in [2.05, 4.69) is 26.6 Å². The van der Waals surface area contributed by atoms with Crippen molar-refractivity contribution in [1.29, 1.82) is 0 Å². The standard InChI is InChI=1S/C12H15BrN2O2/c1-17-11-7-14-6-10(11)15-12(16)8-2-4-9(13)5-3-8/h2-5,10-11,14H,6-7H2,1H3,(H,15,16)/t10?,11-/m0/s1. The Morgan fingerprint density at radius 3 is 2.76 bits per heavy atom. The highest BCUT2D eigenvalue weighted by atomic mass is 79.9. The van der Waals surface area contributed by atoms with Gasteiger partial charge in [0, 0.05) is 30.2 Å².